The summed E-state index contributed by atoms with van der Waals surface area (Å²) in [5.41, 5.74) is 8.14. The van der Waals surface area contributed by atoms with Gasteiger partial charge in [0.15, 0.2) is 0 Å². The highest BCUT2D eigenvalue weighted by Gasteiger charge is 2.20. The lowest BCUT2D eigenvalue weighted by Crippen LogP contribution is -2.31. The molecule has 0 atom stereocenters. The van der Waals surface area contributed by atoms with Gasteiger partial charge in [0.05, 0.1) is 17.8 Å². The molecule has 1 aromatic carbocycles. The second kappa shape index (κ2) is 4.61. The van der Waals surface area contributed by atoms with Crippen LogP contribution in [0.4, 0.5) is 0 Å². The molecule has 4 nitrogen and oxygen atoms in total. The van der Waals surface area contributed by atoms with Crippen LogP contribution in [0.3, 0.4) is 0 Å². The molecule has 1 aliphatic carbocycles. The highest BCUT2D eigenvalue weighted by molar-refractivity contribution is 5.83. The minimum absolute atomic E-state index is 0.313. The summed E-state index contributed by atoms with van der Waals surface area (Å²) < 4.78 is 6.11. The molecule has 2 aromatic rings. The highest BCUT2D eigenvalue weighted by atomic mass is 16.5. The number of fused-ring (bicyclic) bond motifs is 1. The van der Waals surface area contributed by atoms with Crippen LogP contribution in [-0.2, 0) is 0 Å². The third-order valence-corrected chi connectivity index (χ3v) is 3.86. The number of nitrogens with zero attached hydrogens (tertiary/aromatic N) is 1. The lowest BCUT2D eigenvalue weighted by molar-refractivity contribution is 0.146. The molecule has 0 spiro atoms. The minimum Gasteiger partial charge on any atom is -0.490 e. The Kier molecular flexibility index (Phi) is 2.96. The zero-order valence-corrected chi connectivity index (χ0v) is 10.6. The fourth-order valence-electron chi connectivity index (χ4n) is 2.65. The molecule has 0 unspecified atom stereocenters. The van der Waals surface area contributed by atoms with Crippen molar-refractivity contribution in [1.82, 2.24) is 10.2 Å². The minimum atomic E-state index is 0.313. The molecular weight excluding hydrogens is 226 g/mol. The third kappa shape index (κ3) is 2.08. The van der Waals surface area contributed by atoms with E-state index in [1.165, 1.54) is 0 Å². The molecule has 1 heterocycles. The van der Waals surface area contributed by atoms with Crippen LogP contribution in [0.25, 0.3) is 10.9 Å². The molecule has 1 saturated carbocycles. The van der Waals surface area contributed by atoms with E-state index in [0.717, 1.165) is 47.9 Å². The standard InChI is InChI=1S/C14H19N3O/c1-9-12-8-16-17-13(12)6-7-14(9)18-11-4-2-10(15)3-5-11/h6-8,10-11H,2-5,15H2,1H3,(H,16,17). The topological polar surface area (TPSA) is 63.9 Å². The molecule has 0 aliphatic heterocycles. The van der Waals surface area contributed by atoms with Crippen LogP contribution in [0.2, 0.25) is 0 Å². The number of rotatable bonds is 2. The van der Waals surface area contributed by atoms with Crippen molar-refractivity contribution in [2.45, 2.75) is 44.8 Å². The van der Waals surface area contributed by atoms with E-state index in [-0.39, 0.29) is 0 Å². The van der Waals surface area contributed by atoms with Gasteiger partial charge >= 0.3 is 0 Å². The molecule has 3 rings (SSSR count). The fraction of sp³-hybridized carbons (Fsp3) is 0.500. The maximum absolute atomic E-state index is 6.11. The van der Waals surface area contributed by atoms with E-state index in [2.05, 4.69) is 17.1 Å². The van der Waals surface area contributed by atoms with Gasteiger partial charge < -0.3 is 10.5 Å². The molecule has 4 heteroatoms. The number of aromatic amines is 1. The van der Waals surface area contributed by atoms with Crippen LogP contribution in [0.1, 0.15) is 31.2 Å². The molecule has 0 saturated heterocycles. The number of H-pyrrole nitrogens is 1. The summed E-state index contributed by atoms with van der Waals surface area (Å²) >= 11 is 0. The molecule has 1 aliphatic rings. The average Bonchev–Trinajstić information content (AvgIpc) is 2.84. The summed E-state index contributed by atoms with van der Waals surface area (Å²) in [7, 11) is 0. The van der Waals surface area contributed by atoms with Crippen molar-refractivity contribution in [3.63, 3.8) is 0 Å². The maximum Gasteiger partial charge on any atom is 0.123 e. The molecule has 18 heavy (non-hydrogen) atoms. The Balaban J connectivity index is 1.80. The largest absolute Gasteiger partial charge is 0.490 e. The van der Waals surface area contributed by atoms with Gasteiger partial charge in [-0.05, 0) is 44.7 Å². The van der Waals surface area contributed by atoms with E-state index in [4.69, 9.17) is 10.5 Å². The summed E-state index contributed by atoms with van der Waals surface area (Å²) in [4.78, 5) is 0. The normalized spacial score (nSPS) is 24.3. The summed E-state index contributed by atoms with van der Waals surface area (Å²) in [6.07, 6.45) is 6.42. The van der Waals surface area contributed by atoms with Gasteiger partial charge in [-0.15, -0.1) is 0 Å². The Morgan fingerprint density at radius 2 is 2.06 bits per heavy atom. The second-order valence-electron chi connectivity index (χ2n) is 5.17. The Morgan fingerprint density at radius 1 is 1.28 bits per heavy atom. The smallest absolute Gasteiger partial charge is 0.123 e. The first-order chi connectivity index (χ1) is 8.74. The van der Waals surface area contributed by atoms with Gasteiger partial charge in [0.25, 0.3) is 0 Å². The van der Waals surface area contributed by atoms with Gasteiger partial charge in [0, 0.05) is 17.0 Å². The Morgan fingerprint density at radius 3 is 2.83 bits per heavy atom. The lowest BCUT2D eigenvalue weighted by atomic mass is 9.93. The van der Waals surface area contributed by atoms with E-state index >= 15 is 0 Å². The second-order valence-corrected chi connectivity index (χ2v) is 5.17. The van der Waals surface area contributed by atoms with E-state index in [0.29, 0.717) is 12.1 Å². The molecule has 0 radical (unpaired) electrons. The van der Waals surface area contributed by atoms with Crippen LogP contribution in [0.15, 0.2) is 18.3 Å². The number of ether oxygens (including phenoxy) is 1. The van der Waals surface area contributed by atoms with Crippen molar-refractivity contribution in [2.24, 2.45) is 5.73 Å². The quantitative estimate of drug-likeness (QED) is 0.854. The van der Waals surface area contributed by atoms with Crippen molar-refractivity contribution in [3.05, 3.63) is 23.9 Å². The fourth-order valence-corrected chi connectivity index (χ4v) is 2.65. The third-order valence-electron chi connectivity index (χ3n) is 3.86. The Labute approximate surface area is 107 Å². The van der Waals surface area contributed by atoms with Crippen molar-refractivity contribution in [1.29, 1.82) is 0 Å². The molecule has 0 bridgehead atoms. The number of nitrogens with one attached hydrogen (secondary N) is 1. The van der Waals surface area contributed by atoms with Gasteiger partial charge in [0.1, 0.15) is 5.75 Å². The summed E-state index contributed by atoms with van der Waals surface area (Å²) in [5.74, 6) is 0.976. The maximum atomic E-state index is 6.11. The van der Waals surface area contributed by atoms with Crippen LogP contribution in [-0.4, -0.2) is 22.3 Å². The molecule has 1 aromatic heterocycles. The highest BCUT2D eigenvalue weighted by Crippen LogP contribution is 2.29. The first kappa shape index (κ1) is 11.5. The Hall–Kier alpha value is -1.55. The number of nitrogens with two attached hydrogens (primary N) is 1. The number of benzene rings is 1. The summed E-state index contributed by atoms with van der Waals surface area (Å²) in [5, 5.41) is 8.18. The van der Waals surface area contributed by atoms with Crippen LogP contribution >= 0.6 is 0 Å². The molecule has 0 amide bonds. The van der Waals surface area contributed by atoms with Crippen LogP contribution in [0, 0.1) is 6.92 Å². The molecule has 3 N–H and O–H groups in total. The van der Waals surface area contributed by atoms with Gasteiger partial charge in [-0.25, -0.2) is 0 Å². The van der Waals surface area contributed by atoms with Crippen molar-refractivity contribution in [3.8, 4) is 5.75 Å². The average molecular weight is 245 g/mol. The molecule has 96 valence electrons. The summed E-state index contributed by atoms with van der Waals surface area (Å²) in [6, 6.07) is 4.42. The van der Waals surface area contributed by atoms with Crippen molar-refractivity contribution < 1.29 is 4.74 Å². The van der Waals surface area contributed by atoms with Gasteiger partial charge in [-0.2, -0.15) is 5.10 Å². The van der Waals surface area contributed by atoms with Crippen molar-refractivity contribution >= 4 is 10.9 Å². The number of aromatic nitrogens is 2. The molecular formula is C14H19N3O. The van der Waals surface area contributed by atoms with Crippen LogP contribution in [0.5, 0.6) is 5.75 Å². The SMILES string of the molecule is Cc1c(OC2CCC(N)CC2)ccc2[nH]ncc12. The first-order valence-electron chi connectivity index (χ1n) is 6.59. The molecule has 1 fully saturated rings. The van der Waals surface area contributed by atoms with E-state index in [1.807, 2.05) is 18.3 Å². The number of hydrogen-bond acceptors (Lipinski definition) is 3. The van der Waals surface area contributed by atoms with Gasteiger partial charge in [-0.1, -0.05) is 0 Å². The van der Waals surface area contributed by atoms with E-state index in [1.54, 1.807) is 0 Å². The Bertz CT molecular complexity index is 541. The number of hydrogen-bond donors (Lipinski definition) is 2. The van der Waals surface area contributed by atoms with Gasteiger partial charge in [0.2, 0.25) is 0 Å². The lowest BCUT2D eigenvalue weighted by Gasteiger charge is -2.27. The van der Waals surface area contributed by atoms with E-state index in [9.17, 15) is 0 Å². The van der Waals surface area contributed by atoms with E-state index < -0.39 is 0 Å². The van der Waals surface area contributed by atoms with Gasteiger partial charge in [-0.3, -0.25) is 5.10 Å². The summed E-state index contributed by atoms with van der Waals surface area (Å²) in [6.45, 7) is 2.09. The monoisotopic (exact) mass is 245 g/mol. The van der Waals surface area contributed by atoms with Crippen LogP contribution < -0.4 is 10.5 Å². The number of aryl methyl sites for hydroxylation is 1. The zero-order chi connectivity index (χ0) is 12.5. The predicted octanol–water partition coefficient (Wildman–Crippen LogP) is 2.52. The first-order valence-corrected chi connectivity index (χ1v) is 6.59. The van der Waals surface area contributed by atoms with Crippen molar-refractivity contribution in [2.75, 3.05) is 0 Å². The predicted molar refractivity (Wildman–Crippen MR) is 71.7 cm³/mol. The zero-order valence-electron chi connectivity index (χ0n) is 10.6.